The van der Waals surface area contributed by atoms with Gasteiger partial charge in [-0.15, -0.1) is 0 Å². The SMILES string of the molecule is Cc1cccc(C=NNC(=O)CN(Cc2ccccc2)S(=O)(=O)c2ccc(Br)cc2)c1. The van der Waals surface area contributed by atoms with Gasteiger partial charge >= 0.3 is 0 Å². The van der Waals surface area contributed by atoms with Crippen LogP contribution in [0.1, 0.15) is 16.7 Å². The predicted octanol–water partition coefficient (Wildman–Crippen LogP) is 4.10. The van der Waals surface area contributed by atoms with Crippen LogP contribution in [0.25, 0.3) is 0 Å². The Morgan fingerprint density at radius 2 is 1.74 bits per heavy atom. The Hall–Kier alpha value is -2.81. The zero-order valence-corrected chi connectivity index (χ0v) is 19.3. The summed E-state index contributed by atoms with van der Waals surface area (Å²) in [6.45, 7) is 1.66. The van der Waals surface area contributed by atoms with Gasteiger partial charge in [-0.05, 0) is 42.3 Å². The molecule has 0 aliphatic heterocycles. The van der Waals surface area contributed by atoms with Crippen LogP contribution in [0.3, 0.4) is 0 Å². The van der Waals surface area contributed by atoms with Gasteiger partial charge in [0.15, 0.2) is 0 Å². The van der Waals surface area contributed by atoms with E-state index in [1.54, 1.807) is 12.1 Å². The van der Waals surface area contributed by atoms with E-state index in [-0.39, 0.29) is 18.0 Å². The van der Waals surface area contributed by atoms with Crippen molar-refractivity contribution in [2.45, 2.75) is 18.4 Å². The van der Waals surface area contributed by atoms with E-state index in [0.29, 0.717) is 0 Å². The molecule has 0 unspecified atom stereocenters. The second-order valence-corrected chi connectivity index (χ2v) is 9.77. The largest absolute Gasteiger partial charge is 0.272 e. The fraction of sp³-hybridized carbons (Fsp3) is 0.130. The Labute approximate surface area is 190 Å². The quantitative estimate of drug-likeness (QED) is 0.374. The average molecular weight is 500 g/mol. The summed E-state index contributed by atoms with van der Waals surface area (Å²) < 4.78 is 28.3. The third-order valence-electron chi connectivity index (χ3n) is 4.42. The summed E-state index contributed by atoms with van der Waals surface area (Å²) in [4.78, 5) is 12.6. The number of hydrazone groups is 1. The van der Waals surface area contributed by atoms with Gasteiger partial charge in [0, 0.05) is 11.0 Å². The lowest BCUT2D eigenvalue weighted by atomic mass is 10.2. The topological polar surface area (TPSA) is 78.8 Å². The number of carbonyl (C=O) groups is 1. The number of sulfonamides is 1. The molecule has 0 aliphatic carbocycles. The van der Waals surface area contributed by atoms with Crippen molar-refractivity contribution in [3.8, 4) is 0 Å². The summed E-state index contributed by atoms with van der Waals surface area (Å²) in [7, 11) is -3.89. The number of amides is 1. The molecule has 0 aliphatic rings. The number of nitrogens with one attached hydrogen (secondary N) is 1. The van der Waals surface area contributed by atoms with Crippen LogP contribution in [-0.2, 0) is 21.4 Å². The van der Waals surface area contributed by atoms with Crippen LogP contribution in [0, 0.1) is 6.92 Å². The van der Waals surface area contributed by atoms with Crippen molar-refractivity contribution in [2.24, 2.45) is 5.10 Å². The molecule has 31 heavy (non-hydrogen) atoms. The first-order chi connectivity index (χ1) is 14.8. The van der Waals surface area contributed by atoms with Gasteiger partial charge < -0.3 is 0 Å². The molecule has 0 aromatic heterocycles. The molecular weight excluding hydrogens is 478 g/mol. The van der Waals surface area contributed by atoms with Crippen LogP contribution in [0.5, 0.6) is 0 Å². The maximum atomic E-state index is 13.2. The summed E-state index contributed by atoms with van der Waals surface area (Å²) in [5.41, 5.74) is 5.10. The van der Waals surface area contributed by atoms with E-state index >= 15 is 0 Å². The van der Waals surface area contributed by atoms with E-state index in [0.717, 1.165) is 25.5 Å². The maximum Gasteiger partial charge on any atom is 0.255 e. The van der Waals surface area contributed by atoms with Gasteiger partial charge in [0.25, 0.3) is 5.91 Å². The molecule has 0 bridgehead atoms. The zero-order valence-electron chi connectivity index (χ0n) is 16.9. The van der Waals surface area contributed by atoms with Crippen molar-refractivity contribution in [3.05, 3.63) is 100 Å². The summed E-state index contributed by atoms with van der Waals surface area (Å²) in [5, 5.41) is 3.96. The Morgan fingerprint density at radius 1 is 1.03 bits per heavy atom. The smallest absolute Gasteiger partial charge is 0.255 e. The first-order valence-corrected chi connectivity index (χ1v) is 11.8. The first-order valence-electron chi connectivity index (χ1n) is 9.53. The van der Waals surface area contributed by atoms with E-state index in [9.17, 15) is 13.2 Å². The Bertz CT molecular complexity index is 1160. The molecule has 0 heterocycles. The fourth-order valence-corrected chi connectivity index (χ4v) is 4.54. The highest BCUT2D eigenvalue weighted by molar-refractivity contribution is 9.10. The molecule has 3 aromatic rings. The van der Waals surface area contributed by atoms with Gasteiger partial charge in [0.1, 0.15) is 0 Å². The molecule has 0 fully saturated rings. The van der Waals surface area contributed by atoms with E-state index in [1.165, 1.54) is 18.3 Å². The molecule has 1 N–H and O–H groups in total. The first kappa shape index (κ1) is 22.9. The average Bonchev–Trinajstić information content (AvgIpc) is 2.74. The van der Waals surface area contributed by atoms with E-state index < -0.39 is 15.9 Å². The van der Waals surface area contributed by atoms with Crippen molar-refractivity contribution in [2.75, 3.05) is 6.54 Å². The summed E-state index contributed by atoms with van der Waals surface area (Å²) >= 11 is 3.31. The molecule has 0 spiro atoms. The summed E-state index contributed by atoms with van der Waals surface area (Å²) in [6.07, 6.45) is 1.52. The van der Waals surface area contributed by atoms with Crippen LogP contribution in [-0.4, -0.2) is 31.4 Å². The molecule has 6 nitrogen and oxygen atoms in total. The molecule has 3 rings (SSSR count). The van der Waals surface area contributed by atoms with E-state index in [4.69, 9.17) is 0 Å². The third kappa shape index (κ3) is 6.58. The van der Waals surface area contributed by atoms with Gasteiger partial charge in [-0.3, -0.25) is 4.79 Å². The molecule has 1 amide bonds. The van der Waals surface area contributed by atoms with Crippen molar-refractivity contribution < 1.29 is 13.2 Å². The minimum atomic E-state index is -3.89. The van der Waals surface area contributed by atoms with E-state index in [1.807, 2.05) is 61.5 Å². The Balaban J connectivity index is 1.77. The number of carbonyl (C=O) groups excluding carboxylic acids is 1. The van der Waals surface area contributed by atoms with Gasteiger partial charge in [-0.2, -0.15) is 9.41 Å². The molecule has 0 atom stereocenters. The van der Waals surface area contributed by atoms with Gasteiger partial charge in [-0.1, -0.05) is 76.1 Å². The maximum absolute atomic E-state index is 13.2. The molecule has 8 heteroatoms. The molecule has 0 saturated heterocycles. The standard InChI is InChI=1S/C23H22BrN3O3S/c1-18-6-5-9-20(14-18)15-25-26-23(28)17-27(16-19-7-3-2-4-8-19)31(29,30)22-12-10-21(24)11-13-22/h2-15H,16-17H2,1H3,(H,26,28). The molecular formula is C23H22BrN3O3S. The highest BCUT2D eigenvalue weighted by Gasteiger charge is 2.26. The predicted molar refractivity (Wildman–Crippen MR) is 125 cm³/mol. The van der Waals surface area contributed by atoms with Crippen molar-refractivity contribution >= 4 is 38.1 Å². The monoisotopic (exact) mass is 499 g/mol. The number of hydrogen-bond acceptors (Lipinski definition) is 4. The van der Waals surface area contributed by atoms with Crippen molar-refractivity contribution in [1.29, 1.82) is 0 Å². The number of hydrogen-bond donors (Lipinski definition) is 1. The highest BCUT2D eigenvalue weighted by atomic mass is 79.9. The number of rotatable bonds is 8. The van der Waals surface area contributed by atoms with Crippen molar-refractivity contribution in [1.82, 2.24) is 9.73 Å². The van der Waals surface area contributed by atoms with E-state index in [2.05, 4.69) is 26.5 Å². The number of halogens is 1. The normalized spacial score (nSPS) is 11.7. The van der Waals surface area contributed by atoms with Crippen molar-refractivity contribution in [3.63, 3.8) is 0 Å². The van der Waals surface area contributed by atoms with Crippen LogP contribution in [0.15, 0.2) is 93.3 Å². The van der Waals surface area contributed by atoms with Crippen LogP contribution in [0.4, 0.5) is 0 Å². The lowest BCUT2D eigenvalue weighted by molar-refractivity contribution is -0.121. The number of nitrogens with zero attached hydrogens (tertiary/aromatic N) is 2. The Kier molecular flexibility index (Phi) is 7.73. The van der Waals surface area contributed by atoms with Crippen LogP contribution in [0.2, 0.25) is 0 Å². The summed E-state index contributed by atoms with van der Waals surface area (Å²) in [6, 6.07) is 23.1. The molecule has 0 radical (unpaired) electrons. The minimum absolute atomic E-state index is 0.0637. The minimum Gasteiger partial charge on any atom is -0.272 e. The molecule has 160 valence electrons. The lowest BCUT2D eigenvalue weighted by Crippen LogP contribution is -2.39. The number of aryl methyl sites for hydroxylation is 1. The Morgan fingerprint density at radius 3 is 2.42 bits per heavy atom. The zero-order chi connectivity index (χ0) is 22.3. The third-order valence-corrected chi connectivity index (χ3v) is 6.75. The van der Waals surface area contributed by atoms with Gasteiger partial charge in [0.2, 0.25) is 10.0 Å². The fourth-order valence-electron chi connectivity index (χ4n) is 2.89. The van der Waals surface area contributed by atoms with Gasteiger partial charge in [0.05, 0.1) is 17.7 Å². The highest BCUT2D eigenvalue weighted by Crippen LogP contribution is 2.20. The van der Waals surface area contributed by atoms with Gasteiger partial charge in [-0.25, -0.2) is 13.8 Å². The number of benzene rings is 3. The molecule has 3 aromatic carbocycles. The summed E-state index contributed by atoms with van der Waals surface area (Å²) in [5.74, 6) is -0.527. The second-order valence-electron chi connectivity index (χ2n) is 6.92. The molecule has 0 saturated carbocycles. The lowest BCUT2D eigenvalue weighted by Gasteiger charge is -2.21. The second kappa shape index (κ2) is 10.5. The van der Waals surface area contributed by atoms with Crippen LogP contribution >= 0.6 is 15.9 Å². The van der Waals surface area contributed by atoms with Crippen LogP contribution < -0.4 is 5.43 Å².